The molecule has 5 nitrogen and oxygen atoms in total. The maximum atomic E-state index is 11.6. The molecular weight excluding hydrogens is 324 g/mol. The van der Waals surface area contributed by atoms with Crippen LogP contribution in [-0.4, -0.2) is 45.3 Å². The second kappa shape index (κ2) is 8.03. The molecular formula is C21H32N4O. The van der Waals surface area contributed by atoms with Crippen LogP contribution in [0.2, 0.25) is 0 Å². The number of carbonyl (C=O) groups is 1. The van der Waals surface area contributed by atoms with Gasteiger partial charge in [0, 0.05) is 44.7 Å². The number of nitrogens with zero attached hydrogens (tertiary/aromatic N) is 4. The normalized spacial score (nSPS) is 25.1. The van der Waals surface area contributed by atoms with Crippen molar-refractivity contribution in [3.05, 3.63) is 23.3 Å². The van der Waals surface area contributed by atoms with Gasteiger partial charge in [0.1, 0.15) is 5.82 Å². The molecule has 3 heterocycles. The fourth-order valence-electron chi connectivity index (χ4n) is 4.96. The van der Waals surface area contributed by atoms with Crippen LogP contribution in [0.15, 0.2) is 6.20 Å². The maximum absolute atomic E-state index is 11.6. The molecule has 5 heteroatoms. The van der Waals surface area contributed by atoms with E-state index in [2.05, 4.69) is 4.90 Å². The molecule has 1 atom stereocenters. The largest absolute Gasteiger partial charge is 0.338 e. The second-order valence-electron chi connectivity index (χ2n) is 8.40. The van der Waals surface area contributed by atoms with Crippen LogP contribution in [0.5, 0.6) is 0 Å². The van der Waals surface area contributed by atoms with Gasteiger partial charge in [0.05, 0.1) is 11.7 Å². The van der Waals surface area contributed by atoms with Crippen LogP contribution in [0.25, 0.3) is 0 Å². The van der Waals surface area contributed by atoms with Crippen molar-refractivity contribution in [1.82, 2.24) is 19.8 Å². The number of likely N-dealkylation sites (tertiary alicyclic amines) is 1. The molecule has 0 unspecified atom stereocenters. The van der Waals surface area contributed by atoms with Crippen LogP contribution >= 0.6 is 0 Å². The molecule has 2 aliphatic heterocycles. The SMILES string of the molecule is CC(=O)N1CCc2nc([C@@H]3CCCCN3CC3CCCCC3)ncc2C1. The molecule has 1 aromatic heterocycles. The van der Waals surface area contributed by atoms with Crippen LogP contribution in [-0.2, 0) is 17.8 Å². The monoisotopic (exact) mass is 356 g/mol. The Hall–Kier alpha value is -1.49. The molecule has 26 heavy (non-hydrogen) atoms. The van der Waals surface area contributed by atoms with E-state index in [1.807, 2.05) is 11.1 Å². The summed E-state index contributed by atoms with van der Waals surface area (Å²) in [5.41, 5.74) is 2.29. The fraction of sp³-hybridized carbons (Fsp3) is 0.762. The van der Waals surface area contributed by atoms with Crippen LogP contribution in [0.1, 0.15) is 81.4 Å². The third-order valence-electron chi connectivity index (χ3n) is 6.53. The van der Waals surface area contributed by atoms with Crippen molar-refractivity contribution < 1.29 is 4.79 Å². The predicted octanol–water partition coefficient (Wildman–Crippen LogP) is 3.49. The lowest BCUT2D eigenvalue weighted by molar-refractivity contribution is -0.129. The van der Waals surface area contributed by atoms with Crippen LogP contribution in [0.3, 0.4) is 0 Å². The lowest BCUT2D eigenvalue weighted by Crippen LogP contribution is -2.39. The maximum Gasteiger partial charge on any atom is 0.219 e. The molecule has 0 N–H and O–H groups in total. The van der Waals surface area contributed by atoms with E-state index in [1.165, 1.54) is 64.5 Å². The minimum absolute atomic E-state index is 0.144. The second-order valence-corrected chi connectivity index (χ2v) is 8.40. The molecule has 0 aromatic carbocycles. The standard InChI is InChI=1S/C21H32N4O/c1-16(26)24-12-10-19-18(15-24)13-22-21(23-19)20-9-5-6-11-25(20)14-17-7-3-2-4-8-17/h13,17,20H,2-12,14-15H2,1H3/t20-/m0/s1. The smallest absolute Gasteiger partial charge is 0.219 e. The molecule has 2 fully saturated rings. The number of fused-ring (bicyclic) bond motifs is 1. The summed E-state index contributed by atoms with van der Waals surface area (Å²) in [6.45, 7) is 5.52. The van der Waals surface area contributed by atoms with Crippen LogP contribution in [0.4, 0.5) is 0 Å². The summed E-state index contributed by atoms with van der Waals surface area (Å²) in [7, 11) is 0. The van der Waals surface area contributed by atoms with Gasteiger partial charge in [0.25, 0.3) is 0 Å². The number of hydrogen-bond donors (Lipinski definition) is 0. The van der Waals surface area contributed by atoms with E-state index in [4.69, 9.17) is 9.97 Å². The molecule has 142 valence electrons. The summed E-state index contributed by atoms with van der Waals surface area (Å²) < 4.78 is 0. The lowest BCUT2D eigenvalue weighted by Gasteiger charge is -2.38. The van der Waals surface area contributed by atoms with E-state index < -0.39 is 0 Å². The summed E-state index contributed by atoms with van der Waals surface area (Å²) >= 11 is 0. The van der Waals surface area contributed by atoms with Crippen molar-refractivity contribution in [1.29, 1.82) is 0 Å². The Morgan fingerprint density at radius 3 is 2.73 bits per heavy atom. The van der Waals surface area contributed by atoms with Gasteiger partial charge in [-0.05, 0) is 38.1 Å². The minimum Gasteiger partial charge on any atom is -0.338 e. The quantitative estimate of drug-likeness (QED) is 0.832. The van der Waals surface area contributed by atoms with Crippen molar-refractivity contribution in [2.24, 2.45) is 5.92 Å². The van der Waals surface area contributed by atoms with Gasteiger partial charge in [-0.25, -0.2) is 9.97 Å². The van der Waals surface area contributed by atoms with E-state index in [9.17, 15) is 4.79 Å². The molecule has 1 aliphatic carbocycles. The zero-order valence-corrected chi connectivity index (χ0v) is 16.1. The highest BCUT2D eigenvalue weighted by Gasteiger charge is 2.30. The summed E-state index contributed by atoms with van der Waals surface area (Å²) in [5, 5.41) is 0. The summed E-state index contributed by atoms with van der Waals surface area (Å²) in [6.07, 6.45) is 13.7. The van der Waals surface area contributed by atoms with E-state index in [0.717, 1.165) is 36.0 Å². The van der Waals surface area contributed by atoms with E-state index in [1.54, 1.807) is 6.92 Å². The van der Waals surface area contributed by atoms with Crippen molar-refractivity contribution in [2.75, 3.05) is 19.6 Å². The predicted molar refractivity (Wildman–Crippen MR) is 102 cm³/mol. The Kier molecular flexibility index (Phi) is 5.53. The fourth-order valence-corrected chi connectivity index (χ4v) is 4.96. The van der Waals surface area contributed by atoms with Crippen LogP contribution < -0.4 is 0 Å². The number of rotatable bonds is 3. The first-order chi connectivity index (χ1) is 12.7. The van der Waals surface area contributed by atoms with Crippen molar-refractivity contribution in [2.45, 2.75) is 77.3 Å². The first-order valence-corrected chi connectivity index (χ1v) is 10.5. The van der Waals surface area contributed by atoms with Crippen LogP contribution in [0, 0.1) is 5.92 Å². The molecule has 1 amide bonds. The van der Waals surface area contributed by atoms with Crippen molar-refractivity contribution in [3.63, 3.8) is 0 Å². The third kappa shape index (κ3) is 3.93. The average molecular weight is 357 g/mol. The van der Waals surface area contributed by atoms with Gasteiger partial charge in [-0.2, -0.15) is 0 Å². The molecule has 4 rings (SSSR count). The summed E-state index contributed by atoms with van der Waals surface area (Å²) in [5.74, 6) is 2.03. The van der Waals surface area contributed by atoms with Gasteiger partial charge >= 0.3 is 0 Å². The summed E-state index contributed by atoms with van der Waals surface area (Å²) in [4.78, 5) is 25.9. The van der Waals surface area contributed by atoms with Gasteiger partial charge in [-0.3, -0.25) is 9.69 Å². The highest BCUT2D eigenvalue weighted by Crippen LogP contribution is 2.33. The van der Waals surface area contributed by atoms with E-state index >= 15 is 0 Å². The Labute approximate surface area is 157 Å². The van der Waals surface area contributed by atoms with Gasteiger partial charge in [-0.1, -0.05) is 25.7 Å². The Morgan fingerprint density at radius 1 is 1.12 bits per heavy atom. The van der Waals surface area contributed by atoms with Gasteiger partial charge < -0.3 is 4.90 Å². The lowest BCUT2D eigenvalue weighted by atomic mass is 9.87. The molecule has 0 bridgehead atoms. The minimum atomic E-state index is 0.144. The number of amides is 1. The zero-order chi connectivity index (χ0) is 17.9. The first-order valence-electron chi connectivity index (χ1n) is 10.5. The Balaban J connectivity index is 1.48. The number of piperidine rings is 1. The molecule has 0 spiro atoms. The Morgan fingerprint density at radius 2 is 1.92 bits per heavy atom. The average Bonchev–Trinajstić information content (AvgIpc) is 2.68. The van der Waals surface area contributed by atoms with Gasteiger partial charge in [-0.15, -0.1) is 0 Å². The molecule has 3 aliphatic rings. The molecule has 1 aromatic rings. The number of aromatic nitrogens is 2. The third-order valence-corrected chi connectivity index (χ3v) is 6.53. The topological polar surface area (TPSA) is 49.3 Å². The van der Waals surface area contributed by atoms with E-state index in [0.29, 0.717) is 12.6 Å². The summed E-state index contributed by atoms with van der Waals surface area (Å²) in [6, 6.07) is 0.391. The first kappa shape index (κ1) is 17.9. The Bertz CT molecular complexity index is 641. The van der Waals surface area contributed by atoms with Gasteiger partial charge in [0.2, 0.25) is 5.91 Å². The molecule has 0 radical (unpaired) electrons. The van der Waals surface area contributed by atoms with Crippen molar-refractivity contribution >= 4 is 5.91 Å². The molecule has 1 saturated carbocycles. The zero-order valence-electron chi connectivity index (χ0n) is 16.1. The van der Waals surface area contributed by atoms with Crippen molar-refractivity contribution in [3.8, 4) is 0 Å². The number of hydrogen-bond acceptors (Lipinski definition) is 4. The number of carbonyl (C=O) groups excluding carboxylic acids is 1. The van der Waals surface area contributed by atoms with E-state index in [-0.39, 0.29) is 5.91 Å². The highest BCUT2D eigenvalue weighted by atomic mass is 16.2. The highest BCUT2D eigenvalue weighted by molar-refractivity contribution is 5.73. The molecule has 1 saturated heterocycles. The van der Waals surface area contributed by atoms with Gasteiger partial charge in [0.15, 0.2) is 0 Å².